The first-order chi connectivity index (χ1) is 10.2. The summed E-state index contributed by atoms with van der Waals surface area (Å²) in [5.74, 6) is 1.64. The second-order valence-corrected chi connectivity index (χ2v) is 6.61. The number of aryl methyl sites for hydroxylation is 1. The quantitative estimate of drug-likeness (QED) is 0.790. The van der Waals surface area contributed by atoms with Gasteiger partial charge in [-0.05, 0) is 61.1 Å². The van der Waals surface area contributed by atoms with Gasteiger partial charge < -0.3 is 10.1 Å². The van der Waals surface area contributed by atoms with Gasteiger partial charge in [0.15, 0.2) is 0 Å². The van der Waals surface area contributed by atoms with Crippen molar-refractivity contribution in [3.05, 3.63) is 58.1 Å². The molecule has 110 valence electrons. The molecule has 0 spiro atoms. The fourth-order valence-corrected chi connectivity index (χ4v) is 2.99. The first-order valence-electron chi connectivity index (χ1n) is 7.34. The maximum atomic E-state index is 5.25. The van der Waals surface area contributed by atoms with Crippen molar-refractivity contribution >= 4 is 21.6 Å². The molecule has 0 radical (unpaired) electrons. The predicted octanol–water partition coefficient (Wildman–Crippen LogP) is 5.33. The molecule has 0 bridgehead atoms. The Morgan fingerprint density at radius 1 is 1.14 bits per heavy atom. The molecule has 0 heterocycles. The number of hydrogen-bond acceptors (Lipinski definition) is 2. The van der Waals surface area contributed by atoms with Crippen molar-refractivity contribution < 1.29 is 4.74 Å². The molecule has 1 aliphatic rings. The van der Waals surface area contributed by atoms with Crippen LogP contribution in [0.4, 0.5) is 5.69 Å². The van der Waals surface area contributed by atoms with E-state index in [-0.39, 0.29) is 0 Å². The highest BCUT2D eigenvalue weighted by atomic mass is 79.9. The van der Waals surface area contributed by atoms with Crippen molar-refractivity contribution in [3.8, 4) is 5.75 Å². The summed E-state index contributed by atoms with van der Waals surface area (Å²) < 4.78 is 6.36. The minimum atomic E-state index is 0.379. The van der Waals surface area contributed by atoms with Crippen LogP contribution in [0.2, 0.25) is 0 Å². The van der Waals surface area contributed by atoms with Gasteiger partial charge in [0.05, 0.1) is 13.2 Å². The van der Waals surface area contributed by atoms with Crippen LogP contribution in [0.25, 0.3) is 0 Å². The highest BCUT2D eigenvalue weighted by Crippen LogP contribution is 2.43. The Morgan fingerprint density at radius 3 is 2.48 bits per heavy atom. The van der Waals surface area contributed by atoms with Gasteiger partial charge in [0.25, 0.3) is 0 Å². The fraction of sp³-hybridized carbons (Fsp3) is 0.333. The van der Waals surface area contributed by atoms with Gasteiger partial charge in [0.2, 0.25) is 0 Å². The van der Waals surface area contributed by atoms with Gasteiger partial charge in [-0.3, -0.25) is 0 Å². The average molecular weight is 346 g/mol. The first kappa shape index (κ1) is 14.5. The van der Waals surface area contributed by atoms with Gasteiger partial charge in [0, 0.05) is 10.2 Å². The molecule has 0 aromatic heterocycles. The summed E-state index contributed by atoms with van der Waals surface area (Å²) >= 11 is 3.56. The van der Waals surface area contributed by atoms with Gasteiger partial charge in [-0.15, -0.1) is 0 Å². The van der Waals surface area contributed by atoms with Crippen molar-refractivity contribution in [1.29, 1.82) is 0 Å². The van der Waals surface area contributed by atoms with E-state index in [0.717, 1.165) is 16.1 Å². The van der Waals surface area contributed by atoms with E-state index in [1.165, 1.54) is 29.7 Å². The molecule has 3 heteroatoms. The maximum Gasteiger partial charge on any atom is 0.118 e. The summed E-state index contributed by atoms with van der Waals surface area (Å²) in [6.07, 6.45) is 2.60. The Labute approximate surface area is 134 Å². The van der Waals surface area contributed by atoms with Crippen LogP contribution in [0, 0.1) is 12.8 Å². The molecule has 21 heavy (non-hydrogen) atoms. The molecule has 0 saturated heterocycles. The largest absolute Gasteiger partial charge is 0.497 e. The molecule has 2 aromatic rings. The van der Waals surface area contributed by atoms with E-state index in [9.17, 15) is 0 Å². The summed E-state index contributed by atoms with van der Waals surface area (Å²) in [7, 11) is 1.70. The minimum absolute atomic E-state index is 0.379. The van der Waals surface area contributed by atoms with Crippen molar-refractivity contribution in [1.82, 2.24) is 0 Å². The zero-order valence-corrected chi connectivity index (χ0v) is 14.0. The van der Waals surface area contributed by atoms with Crippen LogP contribution < -0.4 is 10.1 Å². The molecule has 1 N–H and O–H groups in total. The van der Waals surface area contributed by atoms with Crippen molar-refractivity contribution in [2.45, 2.75) is 25.8 Å². The van der Waals surface area contributed by atoms with Crippen molar-refractivity contribution in [2.24, 2.45) is 5.92 Å². The molecule has 1 atom stereocenters. The molecular formula is C18H20BrNO. The third-order valence-corrected chi connectivity index (χ3v) is 4.57. The number of hydrogen-bond donors (Lipinski definition) is 1. The van der Waals surface area contributed by atoms with E-state index in [0.29, 0.717) is 6.04 Å². The Bertz CT molecular complexity index is 620. The van der Waals surface area contributed by atoms with Crippen LogP contribution in [-0.4, -0.2) is 7.11 Å². The fourth-order valence-electron chi connectivity index (χ4n) is 2.63. The normalized spacial score (nSPS) is 15.6. The third-order valence-electron chi connectivity index (χ3n) is 4.08. The first-order valence-corrected chi connectivity index (χ1v) is 8.13. The summed E-state index contributed by atoms with van der Waals surface area (Å²) in [6.45, 7) is 2.15. The van der Waals surface area contributed by atoms with Crippen LogP contribution >= 0.6 is 15.9 Å². The van der Waals surface area contributed by atoms with Crippen LogP contribution in [0.15, 0.2) is 46.9 Å². The lowest BCUT2D eigenvalue weighted by Gasteiger charge is -2.22. The number of anilines is 1. The maximum absolute atomic E-state index is 5.25. The van der Waals surface area contributed by atoms with E-state index in [1.54, 1.807) is 7.11 Å². The van der Waals surface area contributed by atoms with Crippen LogP contribution in [0.5, 0.6) is 5.75 Å². The zero-order valence-electron chi connectivity index (χ0n) is 12.4. The Kier molecular flexibility index (Phi) is 4.20. The predicted molar refractivity (Wildman–Crippen MR) is 91.0 cm³/mol. The molecular weight excluding hydrogens is 326 g/mol. The molecule has 3 rings (SSSR count). The third kappa shape index (κ3) is 3.41. The van der Waals surface area contributed by atoms with E-state index in [2.05, 4.69) is 58.5 Å². The van der Waals surface area contributed by atoms with Gasteiger partial charge in [-0.1, -0.05) is 34.1 Å². The van der Waals surface area contributed by atoms with E-state index < -0.39 is 0 Å². The standard InChI is InChI=1S/C18H20BrNO/c1-12-3-8-15(19)11-17(12)20-18(13-4-5-13)14-6-9-16(21-2)10-7-14/h3,6-11,13,18,20H,4-5H2,1-2H3. The number of halogens is 1. The van der Waals surface area contributed by atoms with E-state index in [1.807, 2.05) is 12.1 Å². The lowest BCUT2D eigenvalue weighted by molar-refractivity contribution is 0.414. The van der Waals surface area contributed by atoms with Gasteiger partial charge in [-0.2, -0.15) is 0 Å². The highest BCUT2D eigenvalue weighted by Gasteiger charge is 2.32. The lowest BCUT2D eigenvalue weighted by atomic mass is 10.0. The lowest BCUT2D eigenvalue weighted by Crippen LogP contribution is -2.13. The Hall–Kier alpha value is -1.48. The number of rotatable bonds is 5. The second kappa shape index (κ2) is 6.10. The van der Waals surface area contributed by atoms with E-state index in [4.69, 9.17) is 4.74 Å². The molecule has 0 aliphatic heterocycles. The summed E-state index contributed by atoms with van der Waals surface area (Å²) in [5.41, 5.74) is 3.81. The zero-order chi connectivity index (χ0) is 14.8. The highest BCUT2D eigenvalue weighted by molar-refractivity contribution is 9.10. The van der Waals surface area contributed by atoms with Crippen LogP contribution in [0.3, 0.4) is 0 Å². The molecule has 0 amide bonds. The number of methoxy groups -OCH3 is 1. The summed E-state index contributed by atoms with van der Waals surface area (Å²) in [4.78, 5) is 0. The molecule has 1 fully saturated rings. The number of nitrogens with one attached hydrogen (secondary N) is 1. The topological polar surface area (TPSA) is 21.3 Å². The van der Waals surface area contributed by atoms with Crippen molar-refractivity contribution in [2.75, 3.05) is 12.4 Å². The number of benzene rings is 2. The SMILES string of the molecule is COc1ccc(C(Nc2cc(Br)ccc2C)C2CC2)cc1. The molecule has 2 nitrogen and oxygen atoms in total. The second-order valence-electron chi connectivity index (χ2n) is 5.69. The molecule has 1 unspecified atom stereocenters. The Balaban J connectivity index is 1.86. The van der Waals surface area contributed by atoms with Gasteiger partial charge in [-0.25, -0.2) is 0 Å². The molecule has 2 aromatic carbocycles. The van der Waals surface area contributed by atoms with Crippen molar-refractivity contribution in [3.63, 3.8) is 0 Å². The smallest absolute Gasteiger partial charge is 0.118 e. The van der Waals surface area contributed by atoms with Gasteiger partial charge in [0.1, 0.15) is 5.75 Å². The molecule has 1 aliphatic carbocycles. The minimum Gasteiger partial charge on any atom is -0.497 e. The molecule has 1 saturated carbocycles. The van der Waals surface area contributed by atoms with Gasteiger partial charge >= 0.3 is 0 Å². The average Bonchev–Trinajstić information content (AvgIpc) is 3.33. The van der Waals surface area contributed by atoms with Crippen LogP contribution in [0.1, 0.15) is 30.0 Å². The monoisotopic (exact) mass is 345 g/mol. The Morgan fingerprint density at radius 2 is 1.86 bits per heavy atom. The van der Waals surface area contributed by atoms with E-state index >= 15 is 0 Å². The van der Waals surface area contributed by atoms with Crippen LogP contribution in [-0.2, 0) is 0 Å². The number of ether oxygens (including phenoxy) is 1. The summed E-state index contributed by atoms with van der Waals surface area (Å²) in [6, 6.07) is 15.2. The summed E-state index contributed by atoms with van der Waals surface area (Å²) in [5, 5.41) is 3.73.